The van der Waals surface area contributed by atoms with E-state index in [2.05, 4.69) is 58.6 Å². The second-order valence-electron chi connectivity index (χ2n) is 7.90. The van der Waals surface area contributed by atoms with E-state index in [1.165, 1.54) is 5.56 Å². The number of carboxylic acid groups (broad SMARTS) is 1. The Morgan fingerprint density at radius 3 is 2.26 bits per heavy atom. The molecular formula is C28H25N3O3S. The predicted octanol–water partition coefficient (Wildman–Crippen LogP) is 5.48. The Morgan fingerprint density at radius 1 is 0.943 bits per heavy atom. The number of aromatic nitrogens is 1. The highest BCUT2D eigenvalue weighted by molar-refractivity contribution is 7.14. The maximum atomic E-state index is 12.0. The van der Waals surface area contributed by atoms with E-state index in [4.69, 9.17) is 10.1 Å². The van der Waals surface area contributed by atoms with Crippen molar-refractivity contribution in [2.24, 2.45) is 0 Å². The number of carbonyl (C=O) groups excluding carboxylic acids is 1. The molecule has 176 valence electrons. The highest BCUT2D eigenvalue weighted by Gasteiger charge is 2.13. The van der Waals surface area contributed by atoms with Gasteiger partial charge >= 0.3 is 5.97 Å². The lowest BCUT2D eigenvalue weighted by Gasteiger charge is -2.20. The average Bonchev–Trinajstić information content (AvgIpc) is 3.38. The van der Waals surface area contributed by atoms with Gasteiger partial charge in [-0.3, -0.25) is 9.59 Å². The number of benzene rings is 3. The summed E-state index contributed by atoms with van der Waals surface area (Å²) in [5, 5.41) is 14.0. The SMILES string of the molecule is C=CCN(Cc1ccc(C(=O)NCC(=O)O)cc1)c1nc(-c2ccc(-c3ccccc3)cc2)cs1. The summed E-state index contributed by atoms with van der Waals surface area (Å²) >= 11 is 1.58. The quantitative estimate of drug-likeness (QED) is 0.292. The molecule has 1 amide bonds. The van der Waals surface area contributed by atoms with Gasteiger partial charge in [0.05, 0.1) is 5.69 Å². The maximum absolute atomic E-state index is 12.0. The number of hydrogen-bond acceptors (Lipinski definition) is 5. The van der Waals surface area contributed by atoms with Gasteiger partial charge < -0.3 is 15.3 Å². The van der Waals surface area contributed by atoms with Gasteiger partial charge in [0.15, 0.2) is 5.13 Å². The molecule has 0 atom stereocenters. The Balaban J connectivity index is 1.45. The first-order valence-electron chi connectivity index (χ1n) is 11.1. The first-order chi connectivity index (χ1) is 17.0. The van der Waals surface area contributed by atoms with Crippen LogP contribution in [0.3, 0.4) is 0 Å². The summed E-state index contributed by atoms with van der Waals surface area (Å²) in [7, 11) is 0. The topological polar surface area (TPSA) is 82.5 Å². The van der Waals surface area contributed by atoms with Crippen LogP contribution >= 0.6 is 11.3 Å². The summed E-state index contributed by atoms with van der Waals surface area (Å²) in [6.45, 7) is 4.70. The number of rotatable bonds is 10. The molecule has 0 fully saturated rings. The predicted molar refractivity (Wildman–Crippen MR) is 141 cm³/mol. The number of thiazole rings is 1. The standard InChI is InChI=1S/C28H25N3O3S/c1-2-16-31(18-20-8-10-24(11-9-20)27(34)29-17-26(32)33)28-30-25(19-35-28)23-14-12-22(13-15-23)21-6-4-3-5-7-21/h2-15,19H,1,16-18H2,(H,29,34)(H,32,33). The molecule has 0 radical (unpaired) electrons. The van der Waals surface area contributed by atoms with Gasteiger partial charge in [-0.2, -0.15) is 0 Å². The molecule has 0 unspecified atom stereocenters. The van der Waals surface area contributed by atoms with Crippen molar-refractivity contribution in [1.29, 1.82) is 0 Å². The van der Waals surface area contributed by atoms with Crippen molar-refractivity contribution in [3.8, 4) is 22.4 Å². The molecule has 4 rings (SSSR count). The summed E-state index contributed by atoms with van der Waals surface area (Å²) in [6.07, 6.45) is 1.84. The first-order valence-corrected chi connectivity index (χ1v) is 12.0. The molecule has 0 aliphatic rings. The van der Waals surface area contributed by atoms with E-state index in [9.17, 15) is 9.59 Å². The average molecular weight is 484 g/mol. The fraction of sp³-hybridized carbons (Fsp3) is 0.107. The lowest BCUT2D eigenvalue weighted by atomic mass is 10.0. The van der Waals surface area contributed by atoms with E-state index in [1.54, 1.807) is 23.5 Å². The molecule has 6 nitrogen and oxygen atoms in total. The Labute approximate surface area is 208 Å². The number of aliphatic carboxylic acids is 1. The van der Waals surface area contributed by atoms with E-state index in [0.29, 0.717) is 18.7 Å². The van der Waals surface area contributed by atoms with Crippen molar-refractivity contribution in [1.82, 2.24) is 10.3 Å². The van der Waals surface area contributed by atoms with Crippen molar-refractivity contribution in [2.75, 3.05) is 18.0 Å². The van der Waals surface area contributed by atoms with Crippen LogP contribution in [0.1, 0.15) is 15.9 Å². The van der Waals surface area contributed by atoms with Crippen molar-refractivity contribution >= 4 is 28.3 Å². The van der Waals surface area contributed by atoms with Crippen LogP contribution in [0.5, 0.6) is 0 Å². The normalized spacial score (nSPS) is 10.5. The van der Waals surface area contributed by atoms with E-state index >= 15 is 0 Å². The van der Waals surface area contributed by atoms with E-state index in [0.717, 1.165) is 27.5 Å². The molecule has 0 bridgehead atoms. The maximum Gasteiger partial charge on any atom is 0.322 e. The minimum atomic E-state index is -1.08. The van der Waals surface area contributed by atoms with E-state index in [1.807, 2.05) is 36.4 Å². The number of carboxylic acids is 1. The van der Waals surface area contributed by atoms with Gasteiger partial charge in [0.25, 0.3) is 5.91 Å². The molecule has 0 spiro atoms. The Kier molecular flexibility index (Phi) is 7.70. The number of nitrogens with one attached hydrogen (secondary N) is 1. The smallest absolute Gasteiger partial charge is 0.322 e. The van der Waals surface area contributed by atoms with Crippen molar-refractivity contribution in [3.05, 3.63) is 108 Å². The summed E-state index contributed by atoms with van der Waals surface area (Å²) in [4.78, 5) is 29.7. The zero-order valence-electron chi connectivity index (χ0n) is 19.1. The molecule has 7 heteroatoms. The molecule has 0 aliphatic carbocycles. The molecule has 1 aromatic heterocycles. The Hall–Kier alpha value is -4.23. The molecule has 2 N–H and O–H groups in total. The molecular weight excluding hydrogens is 458 g/mol. The van der Waals surface area contributed by atoms with Crippen molar-refractivity contribution < 1.29 is 14.7 Å². The van der Waals surface area contributed by atoms with Crippen LogP contribution in [0.15, 0.2) is 96.9 Å². The van der Waals surface area contributed by atoms with Crippen LogP contribution < -0.4 is 10.2 Å². The largest absolute Gasteiger partial charge is 0.480 e. The van der Waals surface area contributed by atoms with Crippen molar-refractivity contribution in [3.63, 3.8) is 0 Å². The molecule has 4 aromatic rings. The number of nitrogens with zero attached hydrogens (tertiary/aromatic N) is 2. The van der Waals surface area contributed by atoms with Gasteiger partial charge in [0.2, 0.25) is 0 Å². The van der Waals surface area contributed by atoms with Gasteiger partial charge in [-0.1, -0.05) is 72.8 Å². The first kappa shape index (κ1) is 23.9. The number of carbonyl (C=O) groups is 2. The zero-order valence-corrected chi connectivity index (χ0v) is 19.9. The van der Waals surface area contributed by atoms with Gasteiger partial charge in [-0.05, 0) is 28.8 Å². The summed E-state index contributed by atoms with van der Waals surface area (Å²) in [6, 6.07) is 25.8. The Bertz CT molecular complexity index is 1300. The summed E-state index contributed by atoms with van der Waals surface area (Å²) in [5.41, 5.74) is 5.75. The number of hydrogen-bond donors (Lipinski definition) is 2. The third-order valence-electron chi connectivity index (χ3n) is 5.39. The molecule has 3 aromatic carbocycles. The third-order valence-corrected chi connectivity index (χ3v) is 6.29. The lowest BCUT2D eigenvalue weighted by molar-refractivity contribution is -0.135. The molecule has 35 heavy (non-hydrogen) atoms. The van der Waals surface area contributed by atoms with Gasteiger partial charge in [0.1, 0.15) is 6.54 Å². The highest BCUT2D eigenvalue weighted by atomic mass is 32.1. The van der Waals surface area contributed by atoms with E-state index < -0.39 is 18.4 Å². The number of amides is 1. The van der Waals surface area contributed by atoms with E-state index in [-0.39, 0.29) is 0 Å². The van der Waals surface area contributed by atoms with Crippen LogP contribution in [0.2, 0.25) is 0 Å². The second-order valence-corrected chi connectivity index (χ2v) is 8.74. The fourth-order valence-corrected chi connectivity index (χ4v) is 4.46. The van der Waals surface area contributed by atoms with Gasteiger partial charge in [-0.25, -0.2) is 4.98 Å². The van der Waals surface area contributed by atoms with Gasteiger partial charge in [-0.15, -0.1) is 17.9 Å². The van der Waals surface area contributed by atoms with Crippen LogP contribution in [-0.4, -0.2) is 35.1 Å². The summed E-state index contributed by atoms with van der Waals surface area (Å²) in [5.74, 6) is -1.49. The monoisotopic (exact) mass is 483 g/mol. The Morgan fingerprint density at radius 2 is 1.60 bits per heavy atom. The van der Waals surface area contributed by atoms with Crippen LogP contribution in [0.4, 0.5) is 5.13 Å². The fourth-order valence-electron chi connectivity index (χ4n) is 3.61. The minimum absolute atomic E-state index is 0.408. The van der Waals surface area contributed by atoms with Crippen LogP contribution in [0, 0.1) is 0 Å². The van der Waals surface area contributed by atoms with Gasteiger partial charge in [0, 0.05) is 29.6 Å². The minimum Gasteiger partial charge on any atom is -0.480 e. The zero-order chi connectivity index (χ0) is 24.6. The van der Waals surface area contributed by atoms with Crippen LogP contribution in [0.25, 0.3) is 22.4 Å². The summed E-state index contributed by atoms with van der Waals surface area (Å²) < 4.78 is 0. The van der Waals surface area contributed by atoms with Crippen LogP contribution in [-0.2, 0) is 11.3 Å². The van der Waals surface area contributed by atoms with Crippen molar-refractivity contribution in [2.45, 2.75) is 6.54 Å². The molecule has 0 saturated carbocycles. The molecule has 1 heterocycles. The molecule has 0 saturated heterocycles. The lowest BCUT2D eigenvalue weighted by Crippen LogP contribution is -2.29. The molecule has 0 aliphatic heterocycles. The number of anilines is 1. The highest BCUT2D eigenvalue weighted by Crippen LogP contribution is 2.30. The second kappa shape index (κ2) is 11.3. The third kappa shape index (κ3) is 6.22.